The highest BCUT2D eigenvalue weighted by atomic mass is 16.2. The van der Waals surface area contributed by atoms with Gasteiger partial charge in [-0.25, -0.2) is 4.98 Å². The number of H-pyrrole nitrogens is 1. The third kappa shape index (κ3) is 2.29. The summed E-state index contributed by atoms with van der Waals surface area (Å²) in [7, 11) is 0. The van der Waals surface area contributed by atoms with E-state index in [2.05, 4.69) is 15.3 Å². The van der Waals surface area contributed by atoms with Crippen LogP contribution in [0.15, 0.2) is 24.3 Å². The van der Waals surface area contributed by atoms with Crippen molar-refractivity contribution in [2.24, 2.45) is 5.73 Å². The summed E-state index contributed by atoms with van der Waals surface area (Å²) in [6, 6.07) is 7.66. The first-order valence-electron chi connectivity index (χ1n) is 7.13. The number of nitrogens with one attached hydrogen (secondary N) is 2. The quantitative estimate of drug-likeness (QED) is 0.799. The van der Waals surface area contributed by atoms with E-state index in [1.807, 2.05) is 31.2 Å². The van der Waals surface area contributed by atoms with Crippen molar-refractivity contribution in [3.63, 3.8) is 0 Å². The van der Waals surface area contributed by atoms with Crippen LogP contribution in [0.1, 0.15) is 44.5 Å². The van der Waals surface area contributed by atoms with Crippen molar-refractivity contribution in [3.05, 3.63) is 30.1 Å². The Morgan fingerprint density at radius 1 is 1.40 bits per heavy atom. The molecule has 1 atom stereocenters. The SMILES string of the molecule is CC(NC(=O)C1(N)CCCC1)c1nc2ccccc2[nH]1. The maximum absolute atomic E-state index is 12.3. The number of imidazole rings is 1. The fourth-order valence-electron chi connectivity index (χ4n) is 2.82. The maximum atomic E-state index is 12.3. The van der Waals surface area contributed by atoms with Gasteiger partial charge >= 0.3 is 0 Å². The topological polar surface area (TPSA) is 83.8 Å². The molecule has 1 heterocycles. The first-order valence-corrected chi connectivity index (χ1v) is 7.13. The van der Waals surface area contributed by atoms with E-state index in [4.69, 9.17) is 5.73 Å². The van der Waals surface area contributed by atoms with Gasteiger partial charge in [-0.15, -0.1) is 0 Å². The van der Waals surface area contributed by atoms with Crippen molar-refractivity contribution in [3.8, 4) is 0 Å². The maximum Gasteiger partial charge on any atom is 0.240 e. The lowest BCUT2D eigenvalue weighted by Crippen LogP contribution is -2.52. The van der Waals surface area contributed by atoms with E-state index in [0.29, 0.717) is 0 Å². The number of hydrogen-bond donors (Lipinski definition) is 3. The number of carbonyl (C=O) groups excluding carboxylic acids is 1. The second-order valence-corrected chi connectivity index (χ2v) is 5.70. The first-order chi connectivity index (χ1) is 9.58. The Hall–Kier alpha value is -1.88. The average Bonchev–Trinajstić information content (AvgIpc) is 3.05. The summed E-state index contributed by atoms with van der Waals surface area (Å²) in [5.41, 5.74) is 7.36. The van der Waals surface area contributed by atoms with Gasteiger partial charge in [-0.3, -0.25) is 4.79 Å². The summed E-state index contributed by atoms with van der Waals surface area (Å²) < 4.78 is 0. The molecule has 1 aliphatic carbocycles. The van der Waals surface area contributed by atoms with Gasteiger partial charge in [0.1, 0.15) is 5.82 Å². The predicted octanol–water partition coefficient (Wildman–Crippen LogP) is 2.01. The molecular formula is C15H20N4O. The molecule has 1 fully saturated rings. The van der Waals surface area contributed by atoms with Gasteiger partial charge in [0.2, 0.25) is 5.91 Å². The Bertz CT molecular complexity index is 595. The highest BCUT2D eigenvalue weighted by molar-refractivity contribution is 5.86. The summed E-state index contributed by atoms with van der Waals surface area (Å²) in [5.74, 6) is 0.698. The van der Waals surface area contributed by atoms with Gasteiger partial charge in [0.15, 0.2) is 0 Å². The van der Waals surface area contributed by atoms with Gasteiger partial charge in [0.05, 0.1) is 22.6 Å². The minimum absolute atomic E-state index is 0.0667. The summed E-state index contributed by atoms with van der Waals surface area (Å²) in [6.07, 6.45) is 3.60. The molecule has 1 unspecified atom stereocenters. The number of nitrogens with two attached hydrogens (primary N) is 1. The van der Waals surface area contributed by atoms with Gasteiger partial charge in [-0.05, 0) is 31.9 Å². The molecule has 2 aromatic rings. The van der Waals surface area contributed by atoms with Gasteiger partial charge in [-0.2, -0.15) is 0 Å². The molecule has 4 N–H and O–H groups in total. The molecule has 3 rings (SSSR count). The number of fused-ring (bicyclic) bond motifs is 1. The van der Waals surface area contributed by atoms with Crippen molar-refractivity contribution in [1.29, 1.82) is 0 Å². The molecule has 0 spiro atoms. The van der Waals surface area contributed by atoms with E-state index < -0.39 is 5.54 Å². The van der Waals surface area contributed by atoms with E-state index in [9.17, 15) is 4.79 Å². The number of para-hydroxylation sites is 2. The molecular weight excluding hydrogens is 252 g/mol. The number of rotatable bonds is 3. The Labute approximate surface area is 118 Å². The smallest absolute Gasteiger partial charge is 0.240 e. The molecule has 5 heteroatoms. The molecule has 0 radical (unpaired) electrons. The van der Waals surface area contributed by atoms with Gasteiger partial charge < -0.3 is 16.0 Å². The number of carbonyl (C=O) groups is 1. The Kier molecular flexibility index (Phi) is 3.22. The van der Waals surface area contributed by atoms with Crippen molar-refractivity contribution >= 4 is 16.9 Å². The third-order valence-corrected chi connectivity index (χ3v) is 4.11. The largest absolute Gasteiger partial charge is 0.345 e. The van der Waals surface area contributed by atoms with Crippen LogP contribution in [0.3, 0.4) is 0 Å². The number of hydrogen-bond acceptors (Lipinski definition) is 3. The van der Waals surface area contributed by atoms with Crippen LogP contribution in [-0.2, 0) is 4.79 Å². The minimum atomic E-state index is -0.694. The van der Waals surface area contributed by atoms with E-state index in [1.165, 1.54) is 0 Å². The lowest BCUT2D eigenvalue weighted by molar-refractivity contribution is -0.126. The molecule has 1 amide bonds. The lowest BCUT2D eigenvalue weighted by Gasteiger charge is -2.24. The van der Waals surface area contributed by atoms with Crippen LogP contribution in [0.25, 0.3) is 11.0 Å². The monoisotopic (exact) mass is 272 g/mol. The number of nitrogens with zero attached hydrogens (tertiary/aromatic N) is 1. The zero-order valence-corrected chi connectivity index (χ0v) is 11.6. The molecule has 106 valence electrons. The summed E-state index contributed by atoms with van der Waals surface area (Å²) >= 11 is 0. The molecule has 0 aliphatic heterocycles. The van der Waals surface area contributed by atoms with Crippen LogP contribution in [0.5, 0.6) is 0 Å². The summed E-state index contributed by atoms with van der Waals surface area (Å²) in [5, 5.41) is 2.98. The highest BCUT2D eigenvalue weighted by Crippen LogP contribution is 2.28. The number of benzene rings is 1. The Morgan fingerprint density at radius 3 is 2.80 bits per heavy atom. The van der Waals surface area contributed by atoms with E-state index >= 15 is 0 Å². The zero-order valence-electron chi connectivity index (χ0n) is 11.6. The standard InChI is InChI=1S/C15H20N4O/c1-10(17-14(20)15(16)8-4-5-9-15)13-18-11-6-2-3-7-12(11)19-13/h2-3,6-7,10H,4-5,8-9,16H2,1H3,(H,17,20)(H,18,19). The predicted molar refractivity (Wildman–Crippen MR) is 78.0 cm³/mol. The molecule has 20 heavy (non-hydrogen) atoms. The normalized spacial score (nSPS) is 19.1. The fraction of sp³-hybridized carbons (Fsp3) is 0.467. The Balaban J connectivity index is 1.75. The number of amides is 1. The van der Waals surface area contributed by atoms with Crippen molar-refractivity contribution in [2.75, 3.05) is 0 Å². The summed E-state index contributed by atoms with van der Waals surface area (Å²) in [4.78, 5) is 20.0. The van der Waals surface area contributed by atoms with Gasteiger partial charge in [0, 0.05) is 0 Å². The average molecular weight is 272 g/mol. The molecule has 0 bridgehead atoms. The number of aromatic nitrogens is 2. The van der Waals surface area contributed by atoms with Gasteiger partial charge in [0.25, 0.3) is 0 Å². The van der Waals surface area contributed by atoms with Crippen molar-refractivity contribution in [2.45, 2.75) is 44.2 Å². The van der Waals surface area contributed by atoms with Crippen molar-refractivity contribution < 1.29 is 4.79 Å². The number of aromatic amines is 1. The van der Waals surface area contributed by atoms with Crippen LogP contribution in [-0.4, -0.2) is 21.4 Å². The lowest BCUT2D eigenvalue weighted by atomic mass is 9.98. The van der Waals surface area contributed by atoms with Crippen molar-refractivity contribution in [1.82, 2.24) is 15.3 Å². The molecule has 1 saturated carbocycles. The Morgan fingerprint density at radius 2 is 2.10 bits per heavy atom. The molecule has 1 aromatic carbocycles. The van der Waals surface area contributed by atoms with Crippen LogP contribution in [0, 0.1) is 0 Å². The van der Waals surface area contributed by atoms with Crippen LogP contribution < -0.4 is 11.1 Å². The minimum Gasteiger partial charge on any atom is -0.345 e. The molecule has 5 nitrogen and oxygen atoms in total. The van der Waals surface area contributed by atoms with Crippen LogP contribution in [0.2, 0.25) is 0 Å². The van der Waals surface area contributed by atoms with Crippen LogP contribution >= 0.6 is 0 Å². The summed E-state index contributed by atoms with van der Waals surface area (Å²) in [6.45, 7) is 1.92. The van der Waals surface area contributed by atoms with E-state index in [0.717, 1.165) is 42.5 Å². The van der Waals surface area contributed by atoms with Crippen LogP contribution in [0.4, 0.5) is 0 Å². The first kappa shape index (κ1) is 13.1. The fourth-order valence-corrected chi connectivity index (χ4v) is 2.82. The molecule has 1 aromatic heterocycles. The molecule has 0 saturated heterocycles. The highest BCUT2D eigenvalue weighted by Gasteiger charge is 2.37. The van der Waals surface area contributed by atoms with E-state index in [-0.39, 0.29) is 11.9 Å². The second kappa shape index (κ2) is 4.90. The molecule has 1 aliphatic rings. The van der Waals surface area contributed by atoms with E-state index in [1.54, 1.807) is 0 Å². The zero-order chi connectivity index (χ0) is 14.2. The van der Waals surface area contributed by atoms with Gasteiger partial charge in [-0.1, -0.05) is 25.0 Å². The third-order valence-electron chi connectivity index (χ3n) is 4.11. The second-order valence-electron chi connectivity index (χ2n) is 5.70.